The predicted octanol–water partition coefficient (Wildman–Crippen LogP) is 4.19. The Hall–Kier alpha value is -1.43. The Bertz CT molecular complexity index is 748. The first-order valence-electron chi connectivity index (χ1n) is 6.13. The number of sulfonamides is 1. The highest BCUT2D eigenvalue weighted by atomic mass is 35.5. The molecule has 0 unspecified atom stereocenters. The van der Waals surface area contributed by atoms with Crippen LogP contribution in [0.3, 0.4) is 0 Å². The van der Waals surface area contributed by atoms with E-state index in [1.807, 2.05) is 6.92 Å². The van der Waals surface area contributed by atoms with E-state index >= 15 is 0 Å². The second kappa shape index (κ2) is 6.56. The summed E-state index contributed by atoms with van der Waals surface area (Å²) in [4.78, 5) is 0.0518. The maximum absolute atomic E-state index is 12.3. The molecule has 112 valence electrons. The van der Waals surface area contributed by atoms with Crippen LogP contribution in [-0.4, -0.2) is 15.0 Å². The molecule has 4 nitrogen and oxygen atoms in total. The van der Waals surface area contributed by atoms with Crippen molar-refractivity contribution >= 4 is 38.9 Å². The van der Waals surface area contributed by atoms with Crippen molar-refractivity contribution in [2.24, 2.45) is 0 Å². The Kier molecular flexibility index (Phi) is 4.98. The minimum atomic E-state index is -3.73. The second-order valence-electron chi connectivity index (χ2n) is 4.14. The summed E-state index contributed by atoms with van der Waals surface area (Å²) >= 11 is 11.8. The number of hydrogen-bond donors (Lipinski definition) is 1. The van der Waals surface area contributed by atoms with Crippen LogP contribution >= 0.6 is 23.2 Å². The smallest absolute Gasteiger partial charge is 0.261 e. The summed E-state index contributed by atoms with van der Waals surface area (Å²) in [5.74, 6) is 0.445. The average molecular weight is 346 g/mol. The molecule has 0 atom stereocenters. The maximum Gasteiger partial charge on any atom is 0.261 e. The molecule has 0 spiro atoms. The van der Waals surface area contributed by atoms with Gasteiger partial charge in [-0.2, -0.15) is 0 Å². The molecular weight excluding hydrogens is 333 g/mol. The summed E-state index contributed by atoms with van der Waals surface area (Å²) in [6, 6.07) is 10.8. The van der Waals surface area contributed by atoms with Gasteiger partial charge >= 0.3 is 0 Å². The lowest BCUT2D eigenvalue weighted by Gasteiger charge is -2.10. The minimum absolute atomic E-state index is 0.0518. The van der Waals surface area contributed by atoms with E-state index < -0.39 is 10.0 Å². The Morgan fingerprint density at radius 2 is 1.90 bits per heavy atom. The maximum atomic E-state index is 12.3. The molecule has 0 heterocycles. The number of hydrogen-bond acceptors (Lipinski definition) is 3. The molecule has 0 bridgehead atoms. The molecular formula is C14H13Cl2NO3S. The normalized spacial score (nSPS) is 11.2. The van der Waals surface area contributed by atoms with Gasteiger partial charge in [0.25, 0.3) is 10.0 Å². The zero-order chi connectivity index (χ0) is 15.5. The van der Waals surface area contributed by atoms with Crippen LogP contribution in [0.15, 0.2) is 47.4 Å². The standard InChI is InChI=1S/C14H13Cl2NO3S/c1-2-20-14-7-6-12(9-13(14)16)21(18,19)17-11-5-3-4-10(15)8-11/h3-9,17H,2H2,1H3. The summed E-state index contributed by atoms with van der Waals surface area (Å²) in [6.45, 7) is 2.27. The zero-order valence-corrected chi connectivity index (χ0v) is 13.5. The monoisotopic (exact) mass is 345 g/mol. The fourth-order valence-electron chi connectivity index (χ4n) is 1.69. The molecule has 0 saturated carbocycles. The molecule has 0 aromatic heterocycles. The topological polar surface area (TPSA) is 55.4 Å². The van der Waals surface area contributed by atoms with Crippen molar-refractivity contribution in [2.45, 2.75) is 11.8 Å². The van der Waals surface area contributed by atoms with Gasteiger partial charge in [0.15, 0.2) is 0 Å². The third-order valence-corrected chi connectivity index (χ3v) is 4.50. The Labute approximate surface area is 133 Å². The van der Waals surface area contributed by atoms with Crippen molar-refractivity contribution in [1.29, 1.82) is 0 Å². The lowest BCUT2D eigenvalue weighted by atomic mass is 10.3. The van der Waals surface area contributed by atoms with Crippen LogP contribution in [0.2, 0.25) is 10.0 Å². The fraction of sp³-hybridized carbons (Fsp3) is 0.143. The Morgan fingerprint density at radius 3 is 2.52 bits per heavy atom. The SMILES string of the molecule is CCOc1ccc(S(=O)(=O)Nc2cccc(Cl)c2)cc1Cl. The van der Waals surface area contributed by atoms with Gasteiger partial charge in [-0.15, -0.1) is 0 Å². The summed E-state index contributed by atoms with van der Waals surface area (Å²) in [6.07, 6.45) is 0. The fourth-order valence-corrected chi connectivity index (χ4v) is 3.25. The van der Waals surface area contributed by atoms with E-state index in [4.69, 9.17) is 27.9 Å². The van der Waals surface area contributed by atoms with Gasteiger partial charge in [0.2, 0.25) is 0 Å². The number of nitrogens with one attached hydrogen (secondary N) is 1. The third kappa shape index (κ3) is 4.03. The number of benzene rings is 2. The van der Waals surface area contributed by atoms with E-state index in [2.05, 4.69) is 4.72 Å². The highest BCUT2D eigenvalue weighted by Crippen LogP contribution is 2.28. The number of anilines is 1. The van der Waals surface area contributed by atoms with Crippen LogP contribution in [0.5, 0.6) is 5.75 Å². The van der Waals surface area contributed by atoms with E-state index in [-0.39, 0.29) is 9.92 Å². The molecule has 0 amide bonds. The average Bonchev–Trinajstić information content (AvgIpc) is 2.40. The van der Waals surface area contributed by atoms with E-state index in [0.717, 1.165) is 0 Å². The van der Waals surface area contributed by atoms with Gasteiger partial charge in [-0.1, -0.05) is 29.3 Å². The first kappa shape index (κ1) is 15.9. The zero-order valence-electron chi connectivity index (χ0n) is 11.1. The van der Waals surface area contributed by atoms with Gasteiger partial charge in [-0.05, 0) is 43.3 Å². The van der Waals surface area contributed by atoms with Crippen molar-refractivity contribution in [3.63, 3.8) is 0 Å². The second-order valence-corrected chi connectivity index (χ2v) is 6.67. The van der Waals surface area contributed by atoms with E-state index in [9.17, 15) is 8.42 Å². The highest BCUT2D eigenvalue weighted by molar-refractivity contribution is 7.92. The van der Waals surface area contributed by atoms with Crippen molar-refractivity contribution in [3.05, 3.63) is 52.5 Å². The first-order chi connectivity index (χ1) is 9.92. The summed E-state index contributed by atoms with van der Waals surface area (Å²) in [7, 11) is -3.73. The Balaban J connectivity index is 2.29. The lowest BCUT2D eigenvalue weighted by Crippen LogP contribution is -2.13. The van der Waals surface area contributed by atoms with E-state index in [0.29, 0.717) is 23.1 Å². The molecule has 2 aromatic carbocycles. The molecule has 7 heteroatoms. The van der Waals surface area contributed by atoms with Gasteiger partial charge in [0.05, 0.1) is 22.2 Å². The summed E-state index contributed by atoms with van der Waals surface area (Å²) < 4.78 is 32.3. The van der Waals surface area contributed by atoms with Crippen LogP contribution in [0.1, 0.15) is 6.92 Å². The van der Waals surface area contributed by atoms with E-state index in [1.165, 1.54) is 24.3 Å². The molecule has 0 aliphatic carbocycles. The van der Waals surface area contributed by atoms with Crippen molar-refractivity contribution in [2.75, 3.05) is 11.3 Å². The largest absolute Gasteiger partial charge is 0.492 e. The van der Waals surface area contributed by atoms with Crippen LogP contribution in [-0.2, 0) is 10.0 Å². The summed E-state index contributed by atoms with van der Waals surface area (Å²) in [5, 5.41) is 0.686. The van der Waals surface area contributed by atoms with Gasteiger partial charge in [0, 0.05) is 5.02 Å². The molecule has 0 radical (unpaired) electrons. The van der Waals surface area contributed by atoms with Crippen molar-refractivity contribution < 1.29 is 13.2 Å². The van der Waals surface area contributed by atoms with Crippen molar-refractivity contribution in [1.82, 2.24) is 0 Å². The minimum Gasteiger partial charge on any atom is -0.492 e. The molecule has 1 N–H and O–H groups in total. The lowest BCUT2D eigenvalue weighted by molar-refractivity contribution is 0.340. The van der Waals surface area contributed by atoms with Gasteiger partial charge in [0.1, 0.15) is 5.75 Å². The molecule has 2 aromatic rings. The quantitative estimate of drug-likeness (QED) is 0.883. The molecule has 2 rings (SSSR count). The molecule has 21 heavy (non-hydrogen) atoms. The first-order valence-corrected chi connectivity index (χ1v) is 8.37. The van der Waals surface area contributed by atoms with Crippen LogP contribution in [0.25, 0.3) is 0 Å². The van der Waals surface area contributed by atoms with Crippen LogP contribution < -0.4 is 9.46 Å². The highest BCUT2D eigenvalue weighted by Gasteiger charge is 2.16. The van der Waals surface area contributed by atoms with E-state index in [1.54, 1.807) is 18.2 Å². The summed E-state index contributed by atoms with van der Waals surface area (Å²) in [5.41, 5.74) is 0.382. The molecule has 0 aliphatic rings. The Morgan fingerprint density at radius 1 is 1.14 bits per heavy atom. The number of ether oxygens (including phenoxy) is 1. The number of rotatable bonds is 5. The van der Waals surface area contributed by atoms with Crippen LogP contribution in [0, 0.1) is 0 Å². The number of halogens is 2. The predicted molar refractivity (Wildman–Crippen MR) is 84.9 cm³/mol. The molecule has 0 saturated heterocycles. The van der Waals surface area contributed by atoms with Gasteiger partial charge in [-0.25, -0.2) is 8.42 Å². The van der Waals surface area contributed by atoms with Gasteiger partial charge < -0.3 is 4.74 Å². The van der Waals surface area contributed by atoms with Crippen molar-refractivity contribution in [3.8, 4) is 5.75 Å². The third-order valence-electron chi connectivity index (χ3n) is 2.59. The van der Waals surface area contributed by atoms with Gasteiger partial charge in [-0.3, -0.25) is 4.72 Å². The molecule has 0 fully saturated rings. The molecule has 0 aliphatic heterocycles. The van der Waals surface area contributed by atoms with Crippen LogP contribution in [0.4, 0.5) is 5.69 Å².